The van der Waals surface area contributed by atoms with E-state index in [2.05, 4.69) is 33.2 Å². The van der Waals surface area contributed by atoms with Crippen LogP contribution in [0.5, 0.6) is 0 Å². The first kappa shape index (κ1) is 15.5. The summed E-state index contributed by atoms with van der Waals surface area (Å²) in [5.41, 5.74) is 2.10. The van der Waals surface area contributed by atoms with Crippen LogP contribution in [0.1, 0.15) is 16.9 Å². The van der Waals surface area contributed by atoms with Crippen molar-refractivity contribution in [3.8, 4) is 11.8 Å². The SMILES string of the molecule is COCc1ccsc1C#CCCNc1ncnc2ccccc12. The van der Waals surface area contributed by atoms with Gasteiger partial charge in [-0.1, -0.05) is 24.0 Å². The molecule has 116 valence electrons. The Hall–Kier alpha value is -2.42. The van der Waals surface area contributed by atoms with Gasteiger partial charge in [0.15, 0.2) is 0 Å². The van der Waals surface area contributed by atoms with Gasteiger partial charge in [-0.25, -0.2) is 9.97 Å². The first-order valence-electron chi connectivity index (χ1n) is 7.36. The molecule has 0 spiro atoms. The molecule has 0 atom stereocenters. The molecule has 0 aliphatic heterocycles. The second kappa shape index (κ2) is 7.73. The second-order valence-corrected chi connectivity index (χ2v) is 5.84. The predicted octanol–water partition coefficient (Wildman–Crippen LogP) is 3.69. The lowest BCUT2D eigenvalue weighted by atomic mass is 10.2. The maximum atomic E-state index is 5.17. The topological polar surface area (TPSA) is 47.0 Å². The lowest BCUT2D eigenvalue weighted by Gasteiger charge is -2.05. The highest BCUT2D eigenvalue weighted by atomic mass is 32.1. The van der Waals surface area contributed by atoms with Crippen molar-refractivity contribution in [3.05, 3.63) is 52.5 Å². The number of methoxy groups -OCH3 is 1. The molecular weight excluding hydrogens is 306 g/mol. The molecule has 5 heteroatoms. The fourth-order valence-corrected chi connectivity index (χ4v) is 3.02. The molecule has 1 aromatic carbocycles. The first-order chi connectivity index (χ1) is 11.4. The van der Waals surface area contributed by atoms with Gasteiger partial charge in [-0.15, -0.1) is 11.3 Å². The Labute approximate surface area is 139 Å². The van der Waals surface area contributed by atoms with Crippen molar-refractivity contribution in [2.24, 2.45) is 0 Å². The van der Waals surface area contributed by atoms with Crippen LogP contribution < -0.4 is 5.32 Å². The molecule has 3 rings (SSSR count). The molecule has 2 aromatic heterocycles. The van der Waals surface area contributed by atoms with Crippen LogP contribution in [0.2, 0.25) is 0 Å². The van der Waals surface area contributed by atoms with Crippen LogP contribution in [-0.2, 0) is 11.3 Å². The average Bonchev–Trinajstić information content (AvgIpc) is 3.02. The minimum Gasteiger partial charge on any atom is -0.380 e. The van der Waals surface area contributed by atoms with Gasteiger partial charge in [0, 0.05) is 31.0 Å². The summed E-state index contributed by atoms with van der Waals surface area (Å²) in [7, 11) is 1.70. The summed E-state index contributed by atoms with van der Waals surface area (Å²) in [5, 5.41) is 6.41. The fourth-order valence-electron chi connectivity index (χ4n) is 2.25. The summed E-state index contributed by atoms with van der Waals surface area (Å²) >= 11 is 1.65. The largest absolute Gasteiger partial charge is 0.380 e. The number of hydrogen-bond acceptors (Lipinski definition) is 5. The zero-order valence-corrected chi connectivity index (χ0v) is 13.7. The van der Waals surface area contributed by atoms with E-state index in [1.807, 2.05) is 29.6 Å². The average molecular weight is 323 g/mol. The van der Waals surface area contributed by atoms with Crippen molar-refractivity contribution in [3.63, 3.8) is 0 Å². The Morgan fingerprint density at radius 1 is 1.22 bits per heavy atom. The van der Waals surface area contributed by atoms with Crippen LogP contribution in [0, 0.1) is 11.8 Å². The molecule has 0 bridgehead atoms. The molecule has 3 aromatic rings. The number of benzene rings is 1. The van der Waals surface area contributed by atoms with Crippen LogP contribution in [-0.4, -0.2) is 23.6 Å². The number of aromatic nitrogens is 2. The van der Waals surface area contributed by atoms with Gasteiger partial charge in [0.25, 0.3) is 0 Å². The van der Waals surface area contributed by atoms with Gasteiger partial charge in [0.2, 0.25) is 0 Å². The minimum atomic E-state index is 0.610. The monoisotopic (exact) mass is 323 g/mol. The van der Waals surface area contributed by atoms with E-state index in [4.69, 9.17) is 4.74 Å². The summed E-state index contributed by atoms with van der Waals surface area (Å²) < 4.78 is 5.17. The molecule has 0 amide bonds. The molecule has 0 saturated carbocycles. The molecule has 0 fully saturated rings. The normalized spacial score (nSPS) is 10.3. The smallest absolute Gasteiger partial charge is 0.137 e. The molecule has 4 nitrogen and oxygen atoms in total. The van der Waals surface area contributed by atoms with Gasteiger partial charge >= 0.3 is 0 Å². The third-order valence-electron chi connectivity index (χ3n) is 3.33. The maximum Gasteiger partial charge on any atom is 0.137 e. The van der Waals surface area contributed by atoms with Crippen LogP contribution >= 0.6 is 11.3 Å². The van der Waals surface area contributed by atoms with Crippen LogP contribution in [0.3, 0.4) is 0 Å². The van der Waals surface area contributed by atoms with E-state index >= 15 is 0 Å². The van der Waals surface area contributed by atoms with E-state index in [0.29, 0.717) is 6.61 Å². The van der Waals surface area contributed by atoms with E-state index in [9.17, 15) is 0 Å². The number of fused-ring (bicyclic) bond motifs is 1. The lowest BCUT2D eigenvalue weighted by molar-refractivity contribution is 0.185. The quantitative estimate of drug-likeness (QED) is 0.574. The Bertz CT molecular complexity index is 843. The van der Waals surface area contributed by atoms with Gasteiger partial charge in [0.1, 0.15) is 12.1 Å². The van der Waals surface area contributed by atoms with Gasteiger partial charge < -0.3 is 10.1 Å². The zero-order valence-electron chi connectivity index (χ0n) is 12.9. The second-order valence-electron chi connectivity index (χ2n) is 4.93. The number of nitrogens with zero attached hydrogens (tertiary/aromatic N) is 2. The molecule has 1 N–H and O–H groups in total. The molecule has 0 saturated heterocycles. The third-order valence-corrected chi connectivity index (χ3v) is 4.21. The summed E-state index contributed by atoms with van der Waals surface area (Å²) in [6, 6.07) is 10.0. The van der Waals surface area contributed by atoms with Crippen molar-refractivity contribution in [1.29, 1.82) is 0 Å². The van der Waals surface area contributed by atoms with Gasteiger partial charge in [-0.3, -0.25) is 0 Å². The number of ether oxygens (including phenoxy) is 1. The first-order valence-corrected chi connectivity index (χ1v) is 8.24. The Morgan fingerprint density at radius 2 is 2.13 bits per heavy atom. The van der Waals surface area contributed by atoms with E-state index < -0.39 is 0 Å². The number of para-hydroxylation sites is 1. The van der Waals surface area contributed by atoms with Gasteiger partial charge in [-0.2, -0.15) is 0 Å². The highest BCUT2D eigenvalue weighted by Gasteiger charge is 2.02. The number of anilines is 1. The lowest BCUT2D eigenvalue weighted by Crippen LogP contribution is -2.03. The summed E-state index contributed by atoms with van der Waals surface area (Å²) in [6.45, 7) is 1.36. The number of nitrogens with one attached hydrogen (secondary N) is 1. The van der Waals surface area contributed by atoms with E-state index in [-0.39, 0.29) is 0 Å². The summed E-state index contributed by atoms with van der Waals surface area (Å²) in [4.78, 5) is 9.65. The van der Waals surface area contributed by atoms with Crippen molar-refractivity contribution in [1.82, 2.24) is 9.97 Å². The molecule has 0 aliphatic rings. The molecule has 0 aliphatic carbocycles. The third kappa shape index (κ3) is 3.86. The molecule has 0 radical (unpaired) electrons. The van der Waals surface area contributed by atoms with Gasteiger partial charge in [-0.05, 0) is 23.6 Å². The van der Waals surface area contributed by atoms with Crippen molar-refractivity contribution in [2.45, 2.75) is 13.0 Å². The van der Waals surface area contributed by atoms with Crippen LogP contribution in [0.4, 0.5) is 5.82 Å². The Morgan fingerprint density at radius 3 is 3.04 bits per heavy atom. The van der Waals surface area contributed by atoms with Gasteiger partial charge in [0.05, 0.1) is 17.0 Å². The standard InChI is InChI=1S/C18H17N3OS/c1-22-12-14-9-11-23-17(14)8-4-5-10-19-18-15-6-2-3-7-16(15)20-13-21-18/h2-3,6-7,9,11,13H,5,10,12H2,1H3,(H,19,20,21). The summed E-state index contributed by atoms with van der Waals surface area (Å²) in [6.07, 6.45) is 2.33. The maximum absolute atomic E-state index is 5.17. The van der Waals surface area contributed by atoms with Crippen molar-refractivity contribution >= 4 is 28.1 Å². The minimum absolute atomic E-state index is 0.610. The summed E-state index contributed by atoms with van der Waals surface area (Å²) in [5.74, 6) is 7.28. The van der Waals surface area contributed by atoms with E-state index in [1.165, 1.54) is 0 Å². The molecular formula is C18H17N3OS. The molecule has 23 heavy (non-hydrogen) atoms. The molecule has 2 heterocycles. The highest BCUT2D eigenvalue weighted by Crippen LogP contribution is 2.18. The van der Waals surface area contributed by atoms with E-state index in [1.54, 1.807) is 24.8 Å². The van der Waals surface area contributed by atoms with Crippen LogP contribution in [0.25, 0.3) is 10.9 Å². The predicted molar refractivity (Wildman–Crippen MR) is 94.6 cm³/mol. The number of hydrogen-bond donors (Lipinski definition) is 1. The Balaban J connectivity index is 1.60. The van der Waals surface area contributed by atoms with Crippen molar-refractivity contribution < 1.29 is 4.74 Å². The van der Waals surface area contributed by atoms with Crippen molar-refractivity contribution in [2.75, 3.05) is 19.0 Å². The Kier molecular flexibility index (Phi) is 5.20. The number of thiophene rings is 1. The zero-order chi connectivity index (χ0) is 15.9. The highest BCUT2D eigenvalue weighted by molar-refractivity contribution is 7.10. The fraction of sp³-hybridized carbons (Fsp3) is 0.222. The number of rotatable bonds is 5. The van der Waals surface area contributed by atoms with E-state index in [0.717, 1.165) is 40.1 Å². The van der Waals surface area contributed by atoms with Crippen LogP contribution in [0.15, 0.2) is 42.0 Å². The molecule has 0 unspecified atom stereocenters.